The predicted molar refractivity (Wildman–Crippen MR) is 298 cm³/mol. The summed E-state index contributed by atoms with van der Waals surface area (Å²) >= 11 is 0. The molecule has 17 nitrogen and oxygen atoms in total. The number of carboxylic acids is 1. The Morgan fingerprint density at radius 3 is 2.08 bits per heavy atom. The highest BCUT2D eigenvalue weighted by atomic mass is 35.5. The number of halogens is 4. The number of anilines is 2. The van der Waals surface area contributed by atoms with Crippen molar-refractivity contribution in [3.8, 4) is 11.3 Å². The van der Waals surface area contributed by atoms with E-state index in [1.807, 2.05) is 12.1 Å². The van der Waals surface area contributed by atoms with Crippen LogP contribution in [0.15, 0.2) is 85.1 Å². The van der Waals surface area contributed by atoms with Crippen LogP contribution in [0.4, 0.5) is 24.5 Å². The maximum Gasteiger partial charge on any atom is 0.416 e. The zero-order valence-corrected chi connectivity index (χ0v) is 46.0. The molecule has 4 aliphatic rings. The zero-order chi connectivity index (χ0) is 55.9. The molecule has 4 aromatic rings. The van der Waals surface area contributed by atoms with Gasteiger partial charge in [-0.1, -0.05) is 18.2 Å². The van der Waals surface area contributed by atoms with Gasteiger partial charge in [-0.25, -0.2) is 0 Å². The number of aliphatic carboxylic acids is 1. The number of amides is 4. The minimum absolute atomic E-state index is 0. The van der Waals surface area contributed by atoms with E-state index in [0.29, 0.717) is 80.3 Å². The first-order valence-corrected chi connectivity index (χ1v) is 27.1. The van der Waals surface area contributed by atoms with Gasteiger partial charge in [0.1, 0.15) is 5.78 Å². The quantitative estimate of drug-likeness (QED) is 0.0521. The summed E-state index contributed by atoms with van der Waals surface area (Å²) in [6.45, 7) is 7.70. The van der Waals surface area contributed by atoms with E-state index in [0.717, 1.165) is 108 Å². The minimum Gasteiger partial charge on any atom is -0.481 e. The normalized spacial score (nSPS) is 18.2. The second-order valence-corrected chi connectivity index (χ2v) is 20.0. The number of pyridine rings is 1. The Kier molecular flexibility index (Phi) is 26.1. The van der Waals surface area contributed by atoms with Crippen molar-refractivity contribution < 1.29 is 56.5 Å². The highest BCUT2D eigenvalue weighted by Gasteiger charge is 2.31. The number of ketones is 1. The monoisotopic (exact) mass is 1120 g/mol. The first kappa shape index (κ1) is 63.4. The van der Waals surface area contributed by atoms with Crippen LogP contribution in [0.2, 0.25) is 0 Å². The number of ether oxygens (including phenoxy) is 2. The van der Waals surface area contributed by atoms with Crippen LogP contribution in [-0.2, 0) is 36.6 Å². The second-order valence-electron chi connectivity index (χ2n) is 20.0. The summed E-state index contributed by atoms with van der Waals surface area (Å²) in [4.78, 5) is 83.8. The molecule has 4 saturated heterocycles. The molecule has 0 spiro atoms. The summed E-state index contributed by atoms with van der Waals surface area (Å²) in [5.74, 6) is -1.78. The fraction of sp³-hybridized carbons (Fsp3) is 0.500. The second kappa shape index (κ2) is 32.6. The van der Waals surface area contributed by atoms with Crippen molar-refractivity contribution in [2.24, 2.45) is 17.8 Å². The lowest BCUT2D eigenvalue weighted by Crippen LogP contribution is -2.42. The highest BCUT2D eigenvalue weighted by molar-refractivity contribution is 6.08. The van der Waals surface area contributed by atoms with Crippen molar-refractivity contribution in [1.29, 1.82) is 0 Å². The number of nitrogens with one attached hydrogen (secondary N) is 5. The molecule has 1 aromatic heterocycles. The molecule has 4 fully saturated rings. The van der Waals surface area contributed by atoms with E-state index in [9.17, 15) is 41.9 Å². The number of aromatic nitrogens is 1. The Morgan fingerprint density at radius 1 is 0.722 bits per heavy atom. The number of hydrogen-bond donors (Lipinski definition) is 6. The SMILES string of the molecule is COCCCC(=O)[C@H]1CCCN(C(=O)c2cccc(C(=O)Nc3ccc(N4CCCCC4)cc3-c3cc(C(=O)NCc4cccc(C(F)(F)F)c4)ccn3)c2)C1.COCCNC(=O)[C@H]1CCCNC1.Cl.O=C(O)[C@H]1CCCNC1. The molecule has 0 bridgehead atoms. The number of hydrogen-bond acceptors (Lipinski definition) is 12. The lowest BCUT2D eigenvalue weighted by molar-refractivity contribution is -0.142. The molecule has 3 aromatic carbocycles. The van der Waals surface area contributed by atoms with Crippen molar-refractivity contribution in [2.45, 2.75) is 83.4 Å². The number of carbonyl (C=O) groups is 6. The van der Waals surface area contributed by atoms with Crippen LogP contribution in [0.25, 0.3) is 11.3 Å². The first-order chi connectivity index (χ1) is 37.6. The lowest BCUT2D eigenvalue weighted by Gasteiger charge is -2.32. The number of rotatable bonds is 18. The molecule has 8 rings (SSSR count). The van der Waals surface area contributed by atoms with Gasteiger partial charge >= 0.3 is 12.1 Å². The number of methoxy groups -OCH3 is 2. The summed E-state index contributed by atoms with van der Waals surface area (Å²) in [5, 5.41) is 23.3. The van der Waals surface area contributed by atoms with Crippen LogP contribution >= 0.6 is 12.4 Å². The molecule has 0 unspecified atom stereocenters. The van der Waals surface area contributed by atoms with Crippen LogP contribution in [0.5, 0.6) is 0 Å². The van der Waals surface area contributed by atoms with Crippen molar-refractivity contribution in [3.05, 3.63) is 113 Å². The molecular weight excluding hydrogens is 1050 g/mol. The van der Waals surface area contributed by atoms with Gasteiger partial charge in [-0.05, 0) is 144 Å². The van der Waals surface area contributed by atoms with Gasteiger partial charge in [-0.3, -0.25) is 33.8 Å². The average molecular weight is 1120 g/mol. The molecule has 21 heteroatoms. The topological polar surface area (TPSA) is 221 Å². The molecule has 4 amide bonds. The van der Waals surface area contributed by atoms with Crippen LogP contribution in [0.1, 0.15) is 113 Å². The minimum atomic E-state index is -4.50. The van der Waals surface area contributed by atoms with Gasteiger partial charge in [0.15, 0.2) is 0 Å². The summed E-state index contributed by atoms with van der Waals surface area (Å²) < 4.78 is 49.6. The average Bonchev–Trinajstić information content (AvgIpc) is 3.47. The summed E-state index contributed by atoms with van der Waals surface area (Å²) in [5.41, 5.74) is 2.70. The van der Waals surface area contributed by atoms with Gasteiger partial charge in [-0.15, -0.1) is 12.4 Å². The summed E-state index contributed by atoms with van der Waals surface area (Å²) in [6.07, 6.45) is 6.65. The molecule has 0 aliphatic carbocycles. The van der Waals surface area contributed by atoms with Crippen molar-refractivity contribution >= 4 is 59.2 Å². The highest BCUT2D eigenvalue weighted by Crippen LogP contribution is 2.34. The van der Waals surface area contributed by atoms with Gasteiger partial charge in [0.2, 0.25) is 5.91 Å². The number of benzene rings is 3. The first-order valence-electron chi connectivity index (χ1n) is 27.1. The largest absolute Gasteiger partial charge is 0.481 e. The third-order valence-corrected chi connectivity index (χ3v) is 14.2. The van der Waals surface area contributed by atoms with E-state index in [2.05, 4.69) is 36.5 Å². The van der Waals surface area contributed by atoms with Crippen LogP contribution in [0, 0.1) is 17.8 Å². The predicted octanol–water partition coefficient (Wildman–Crippen LogP) is 8.03. The van der Waals surface area contributed by atoms with E-state index < -0.39 is 29.5 Å². The molecule has 5 heterocycles. The van der Waals surface area contributed by atoms with E-state index >= 15 is 0 Å². The van der Waals surface area contributed by atoms with Gasteiger partial charge in [0, 0.05) is 120 Å². The molecule has 6 N–H and O–H groups in total. The fourth-order valence-corrected chi connectivity index (χ4v) is 9.81. The Hall–Kier alpha value is -6.45. The number of likely N-dealkylation sites (tertiary alicyclic amines) is 1. The Bertz CT molecular complexity index is 2630. The summed E-state index contributed by atoms with van der Waals surface area (Å²) in [6, 6.07) is 20.0. The molecular formula is C58H76ClF3N8O9. The van der Waals surface area contributed by atoms with E-state index in [4.69, 9.17) is 14.6 Å². The fourth-order valence-electron chi connectivity index (χ4n) is 9.81. The molecule has 3 atom stereocenters. The van der Waals surface area contributed by atoms with Gasteiger partial charge in [0.05, 0.1) is 35.4 Å². The number of nitrogens with zero attached hydrogens (tertiary/aromatic N) is 3. The molecule has 79 heavy (non-hydrogen) atoms. The number of alkyl halides is 3. The maximum absolute atomic E-state index is 13.8. The van der Waals surface area contributed by atoms with E-state index in [1.165, 1.54) is 24.4 Å². The third-order valence-electron chi connectivity index (χ3n) is 14.2. The van der Waals surface area contributed by atoms with Gasteiger partial charge < -0.3 is 51.0 Å². The number of piperidine rings is 4. The van der Waals surface area contributed by atoms with E-state index in [-0.39, 0.29) is 65.4 Å². The zero-order valence-electron chi connectivity index (χ0n) is 45.2. The van der Waals surface area contributed by atoms with Crippen LogP contribution < -0.4 is 31.5 Å². The molecule has 0 saturated carbocycles. The molecule has 4 aliphatic heterocycles. The standard InChI is InChI=1S/C43H46F3N5O5.C9H18N2O2.C6H11NO2.ClH/c1-56-22-8-14-39(52)33-12-7-21-51(28-33)42(55)32-11-6-10-30(24-32)41(54)49-37-16-15-35(50-19-3-2-4-20-50)26-36(37)38-25-31(17-18-47-38)40(53)48-27-29-9-5-13-34(23-29)43(44,45)46;1-13-6-5-11-9(12)8-3-2-4-10-7-8;8-6(9)5-2-1-3-7-4-5;/h5-6,9-11,13,15-18,23-26,33H,2-4,7-8,12,14,19-22,27-28H2,1H3,(H,48,53)(H,49,54);8,10H,2-7H2,1H3,(H,11,12);5,7H,1-4H2,(H,8,9);1H/t33-;8-;5-;/m000./s1. The van der Waals surface area contributed by atoms with Crippen molar-refractivity contribution in [1.82, 2.24) is 31.2 Å². The maximum atomic E-state index is 13.8. The van der Waals surface area contributed by atoms with E-state index in [1.54, 1.807) is 55.5 Å². The Labute approximate surface area is 466 Å². The number of carboxylic acid groups (broad SMARTS) is 1. The number of Topliss-reactive ketones (excluding diaryl/α,β-unsaturated/α-hetero) is 1. The third kappa shape index (κ3) is 20.0. The Balaban J connectivity index is 0.000000412. The van der Waals surface area contributed by atoms with Crippen molar-refractivity contribution in [2.75, 3.05) is 96.6 Å². The number of carbonyl (C=O) groups excluding carboxylic acids is 5. The smallest absolute Gasteiger partial charge is 0.416 e. The van der Waals surface area contributed by atoms with Crippen molar-refractivity contribution in [3.63, 3.8) is 0 Å². The lowest BCUT2D eigenvalue weighted by atomic mass is 9.91. The van der Waals surface area contributed by atoms with Crippen LogP contribution in [-0.4, -0.2) is 137 Å². The van der Waals surface area contributed by atoms with Crippen LogP contribution in [0.3, 0.4) is 0 Å². The molecule has 0 radical (unpaired) electrons. The van der Waals surface area contributed by atoms with Gasteiger partial charge in [-0.2, -0.15) is 13.2 Å². The molecule has 430 valence electrons. The summed E-state index contributed by atoms with van der Waals surface area (Å²) in [7, 11) is 3.23. The Morgan fingerprint density at radius 2 is 1.41 bits per heavy atom. The van der Waals surface area contributed by atoms with Gasteiger partial charge in [0.25, 0.3) is 17.7 Å².